The van der Waals surface area contributed by atoms with Gasteiger partial charge in [0.2, 0.25) is 0 Å². The maximum Gasteiger partial charge on any atom is 0.253 e. The molecule has 3 aromatic heterocycles. The molecule has 0 bridgehead atoms. The summed E-state index contributed by atoms with van der Waals surface area (Å²) in [6, 6.07) is 16.3. The van der Waals surface area contributed by atoms with Crippen LogP contribution in [0.2, 0.25) is 0 Å². The summed E-state index contributed by atoms with van der Waals surface area (Å²) in [5, 5.41) is 0. The molecule has 1 unspecified atom stereocenters. The van der Waals surface area contributed by atoms with Crippen molar-refractivity contribution in [1.82, 2.24) is 24.4 Å². The molecule has 1 aliphatic rings. The van der Waals surface area contributed by atoms with Crippen LogP contribution < -0.4 is 0 Å². The standard InChI is InChI=1S/C28H21F2N5O/c29-21-6-7-23(24(30)14-21)27-33-25-13-18(5-8-26(25)35(27)22-4-2-11-32-16-22)28(36)34-12-9-20(17-34)19-3-1-10-31-15-19/h1-8,10-11,13-16,20H,9,12,17H2. The number of imidazole rings is 1. The molecular weight excluding hydrogens is 460 g/mol. The number of rotatable bonds is 4. The van der Waals surface area contributed by atoms with E-state index >= 15 is 0 Å². The van der Waals surface area contributed by atoms with Crippen LogP contribution in [0.5, 0.6) is 0 Å². The number of likely N-dealkylation sites (tertiary alicyclic amines) is 1. The first kappa shape index (κ1) is 22.0. The summed E-state index contributed by atoms with van der Waals surface area (Å²) in [5.74, 6) is -0.899. The van der Waals surface area contributed by atoms with Gasteiger partial charge in [-0.05, 0) is 60.5 Å². The lowest BCUT2D eigenvalue weighted by Crippen LogP contribution is -2.28. The van der Waals surface area contributed by atoms with Crippen LogP contribution in [0, 0.1) is 11.6 Å². The lowest BCUT2D eigenvalue weighted by molar-refractivity contribution is 0.0791. The summed E-state index contributed by atoms with van der Waals surface area (Å²) < 4.78 is 30.1. The third-order valence-electron chi connectivity index (χ3n) is 6.61. The molecule has 6 nitrogen and oxygen atoms in total. The van der Waals surface area contributed by atoms with Gasteiger partial charge in [0.1, 0.15) is 17.5 Å². The summed E-state index contributed by atoms with van der Waals surface area (Å²) in [5.41, 5.74) is 3.69. The number of halogens is 2. The van der Waals surface area contributed by atoms with Gasteiger partial charge >= 0.3 is 0 Å². The zero-order valence-electron chi connectivity index (χ0n) is 19.2. The number of hydrogen-bond donors (Lipinski definition) is 0. The summed E-state index contributed by atoms with van der Waals surface area (Å²) >= 11 is 0. The molecule has 1 atom stereocenters. The normalized spacial score (nSPS) is 15.5. The molecule has 8 heteroatoms. The minimum absolute atomic E-state index is 0.0752. The highest BCUT2D eigenvalue weighted by Gasteiger charge is 2.28. The zero-order valence-corrected chi connectivity index (χ0v) is 19.2. The molecule has 0 N–H and O–H groups in total. The predicted octanol–water partition coefficient (Wildman–Crippen LogP) is 5.39. The van der Waals surface area contributed by atoms with E-state index in [-0.39, 0.29) is 17.4 Å². The number of amides is 1. The van der Waals surface area contributed by atoms with E-state index < -0.39 is 11.6 Å². The van der Waals surface area contributed by atoms with Gasteiger partial charge in [0.05, 0.1) is 28.5 Å². The lowest BCUT2D eigenvalue weighted by atomic mass is 10.0. The molecule has 0 aliphatic carbocycles. The first-order valence-electron chi connectivity index (χ1n) is 11.7. The van der Waals surface area contributed by atoms with Crippen LogP contribution >= 0.6 is 0 Å². The van der Waals surface area contributed by atoms with E-state index in [1.54, 1.807) is 41.4 Å². The SMILES string of the molecule is O=C(c1ccc2c(c1)nc(-c1ccc(F)cc1F)n2-c1cccnc1)N1CCC(c2cccnc2)C1. The van der Waals surface area contributed by atoms with Crippen molar-refractivity contribution in [2.45, 2.75) is 12.3 Å². The molecular formula is C28H21F2N5O. The van der Waals surface area contributed by atoms with Crippen LogP contribution in [0.15, 0.2) is 85.5 Å². The van der Waals surface area contributed by atoms with Gasteiger partial charge in [-0.25, -0.2) is 13.8 Å². The van der Waals surface area contributed by atoms with Crippen molar-refractivity contribution in [3.05, 3.63) is 108 Å². The number of hydrogen-bond acceptors (Lipinski definition) is 4. The van der Waals surface area contributed by atoms with Gasteiger partial charge in [-0.15, -0.1) is 0 Å². The smallest absolute Gasteiger partial charge is 0.253 e. The molecule has 1 fully saturated rings. The quantitative estimate of drug-likeness (QED) is 0.345. The molecule has 0 radical (unpaired) electrons. The predicted molar refractivity (Wildman–Crippen MR) is 132 cm³/mol. The van der Waals surface area contributed by atoms with Crippen molar-refractivity contribution in [2.75, 3.05) is 13.1 Å². The fourth-order valence-electron chi connectivity index (χ4n) is 4.83. The summed E-state index contributed by atoms with van der Waals surface area (Å²) in [6.45, 7) is 1.28. The van der Waals surface area contributed by atoms with E-state index in [1.165, 1.54) is 12.1 Å². The van der Waals surface area contributed by atoms with Crippen molar-refractivity contribution >= 4 is 16.9 Å². The average Bonchev–Trinajstić information content (AvgIpc) is 3.54. The highest BCUT2D eigenvalue weighted by molar-refractivity contribution is 5.98. The third-order valence-corrected chi connectivity index (χ3v) is 6.61. The van der Waals surface area contributed by atoms with E-state index in [9.17, 15) is 13.6 Å². The summed E-state index contributed by atoms with van der Waals surface area (Å²) in [7, 11) is 0. The molecule has 1 saturated heterocycles. The van der Waals surface area contributed by atoms with Crippen molar-refractivity contribution < 1.29 is 13.6 Å². The number of aromatic nitrogens is 4. The van der Waals surface area contributed by atoms with Crippen LogP contribution in [0.25, 0.3) is 28.1 Å². The second kappa shape index (κ2) is 8.96. The van der Waals surface area contributed by atoms with E-state index in [0.717, 1.165) is 18.1 Å². The van der Waals surface area contributed by atoms with Crippen LogP contribution in [0.4, 0.5) is 8.78 Å². The van der Waals surface area contributed by atoms with E-state index in [4.69, 9.17) is 0 Å². The Hall–Kier alpha value is -4.46. The van der Waals surface area contributed by atoms with Gasteiger partial charge in [0, 0.05) is 49.2 Å². The van der Waals surface area contributed by atoms with Gasteiger partial charge in [0.15, 0.2) is 0 Å². The second-order valence-electron chi connectivity index (χ2n) is 8.83. The Morgan fingerprint density at radius 2 is 1.78 bits per heavy atom. The largest absolute Gasteiger partial charge is 0.338 e. The van der Waals surface area contributed by atoms with Crippen molar-refractivity contribution in [2.24, 2.45) is 0 Å². The Morgan fingerprint density at radius 1 is 0.944 bits per heavy atom. The zero-order chi connectivity index (χ0) is 24.6. The Labute approximate surface area is 205 Å². The van der Waals surface area contributed by atoms with E-state index in [1.807, 2.05) is 35.4 Å². The molecule has 178 valence electrons. The van der Waals surface area contributed by atoms with Crippen LogP contribution in [0.3, 0.4) is 0 Å². The Balaban J connectivity index is 1.39. The first-order chi connectivity index (χ1) is 17.6. The monoisotopic (exact) mass is 481 g/mol. The van der Waals surface area contributed by atoms with E-state index in [2.05, 4.69) is 15.0 Å². The van der Waals surface area contributed by atoms with Gasteiger partial charge < -0.3 is 4.90 Å². The first-order valence-corrected chi connectivity index (χ1v) is 11.7. The fraction of sp³-hybridized carbons (Fsp3) is 0.143. The topological polar surface area (TPSA) is 63.9 Å². The third kappa shape index (κ3) is 3.90. The lowest BCUT2D eigenvalue weighted by Gasteiger charge is -2.17. The van der Waals surface area contributed by atoms with Gasteiger partial charge in [0.25, 0.3) is 5.91 Å². The minimum atomic E-state index is -0.717. The highest BCUT2D eigenvalue weighted by Crippen LogP contribution is 2.32. The van der Waals surface area contributed by atoms with Gasteiger partial charge in [-0.3, -0.25) is 19.3 Å². The number of pyridine rings is 2. The van der Waals surface area contributed by atoms with E-state index in [0.29, 0.717) is 41.2 Å². The van der Waals surface area contributed by atoms with Crippen LogP contribution in [0.1, 0.15) is 28.3 Å². The number of nitrogens with zero attached hydrogens (tertiary/aromatic N) is 5. The number of carbonyl (C=O) groups excluding carboxylic acids is 1. The number of benzene rings is 2. The maximum absolute atomic E-state index is 14.8. The number of fused-ring (bicyclic) bond motifs is 1. The Morgan fingerprint density at radius 3 is 2.53 bits per heavy atom. The Kier molecular flexibility index (Phi) is 5.48. The highest BCUT2D eigenvalue weighted by atomic mass is 19.1. The molecule has 36 heavy (non-hydrogen) atoms. The van der Waals surface area contributed by atoms with Gasteiger partial charge in [-0.2, -0.15) is 0 Å². The second-order valence-corrected chi connectivity index (χ2v) is 8.83. The summed E-state index contributed by atoms with van der Waals surface area (Å²) in [6.07, 6.45) is 7.77. The van der Waals surface area contributed by atoms with Crippen LogP contribution in [-0.4, -0.2) is 43.4 Å². The molecule has 2 aromatic carbocycles. The Bertz CT molecular complexity index is 1570. The molecule has 0 saturated carbocycles. The molecule has 4 heterocycles. The van der Waals surface area contributed by atoms with Crippen molar-refractivity contribution in [1.29, 1.82) is 0 Å². The van der Waals surface area contributed by atoms with Crippen molar-refractivity contribution in [3.8, 4) is 17.1 Å². The molecule has 1 aliphatic heterocycles. The fourth-order valence-corrected chi connectivity index (χ4v) is 4.83. The van der Waals surface area contributed by atoms with Crippen molar-refractivity contribution in [3.63, 3.8) is 0 Å². The molecule has 0 spiro atoms. The minimum Gasteiger partial charge on any atom is -0.338 e. The molecule has 6 rings (SSSR count). The number of carbonyl (C=O) groups is 1. The molecule has 5 aromatic rings. The van der Waals surface area contributed by atoms with Crippen LogP contribution in [-0.2, 0) is 0 Å². The van der Waals surface area contributed by atoms with Gasteiger partial charge in [-0.1, -0.05) is 6.07 Å². The average molecular weight is 482 g/mol. The maximum atomic E-state index is 14.8. The summed E-state index contributed by atoms with van der Waals surface area (Å²) in [4.78, 5) is 28.3. The molecule has 1 amide bonds.